The first kappa shape index (κ1) is 13.8. The number of carboxylic acid groups (broad SMARTS) is 1. The molecule has 0 radical (unpaired) electrons. The number of ether oxygens (including phenoxy) is 1. The molecule has 1 saturated carbocycles. The van der Waals surface area contributed by atoms with Crippen LogP contribution in [0.1, 0.15) is 32.1 Å². The average molecular weight is 264 g/mol. The molecule has 4 nitrogen and oxygen atoms in total. The lowest BCUT2D eigenvalue weighted by Gasteiger charge is -2.20. The van der Waals surface area contributed by atoms with Crippen LogP contribution in [0.4, 0.5) is 0 Å². The van der Waals surface area contributed by atoms with E-state index < -0.39 is 5.97 Å². The number of rotatable bonds is 6. The predicted molar refractivity (Wildman–Crippen MR) is 70.4 cm³/mol. The second kappa shape index (κ2) is 5.59. The Hall–Kier alpha value is -1.58. The largest absolute Gasteiger partial charge is 0.481 e. The van der Waals surface area contributed by atoms with E-state index in [4.69, 9.17) is 5.11 Å². The van der Waals surface area contributed by atoms with Gasteiger partial charge < -0.3 is 9.84 Å². The minimum Gasteiger partial charge on any atom is -0.481 e. The second-order valence-electron chi connectivity index (χ2n) is 5.48. The van der Waals surface area contributed by atoms with Gasteiger partial charge >= 0.3 is 11.9 Å². The van der Waals surface area contributed by atoms with Crippen molar-refractivity contribution in [2.45, 2.75) is 32.1 Å². The zero-order valence-electron chi connectivity index (χ0n) is 11.2. The zero-order chi connectivity index (χ0) is 13.9. The van der Waals surface area contributed by atoms with E-state index >= 15 is 0 Å². The molecule has 0 aromatic heterocycles. The smallest absolute Gasteiger partial charge is 0.307 e. The highest BCUT2D eigenvalue weighted by atomic mass is 16.5. The van der Waals surface area contributed by atoms with Crippen LogP contribution in [0.3, 0.4) is 0 Å². The molecule has 0 aromatic rings. The molecule has 3 atom stereocenters. The van der Waals surface area contributed by atoms with Crippen molar-refractivity contribution in [2.24, 2.45) is 17.3 Å². The van der Waals surface area contributed by atoms with Crippen LogP contribution >= 0.6 is 0 Å². The molecule has 0 amide bonds. The molecule has 104 valence electrons. The van der Waals surface area contributed by atoms with Gasteiger partial charge in [-0.05, 0) is 31.6 Å². The van der Waals surface area contributed by atoms with Gasteiger partial charge in [0.15, 0.2) is 0 Å². The van der Waals surface area contributed by atoms with Crippen molar-refractivity contribution < 1.29 is 19.4 Å². The van der Waals surface area contributed by atoms with Gasteiger partial charge in [0.25, 0.3) is 0 Å². The fraction of sp³-hybridized carbons (Fsp3) is 0.600. The molecule has 0 saturated heterocycles. The number of carbonyl (C=O) groups is 2. The highest BCUT2D eigenvalue weighted by Crippen LogP contribution is 2.53. The van der Waals surface area contributed by atoms with Gasteiger partial charge in [-0.1, -0.05) is 24.3 Å². The van der Waals surface area contributed by atoms with Gasteiger partial charge in [0.05, 0.1) is 13.0 Å². The molecule has 0 heterocycles. The third kappa shape index (κ3) is 3.06. The third-order valence-corrected chi connectivity index (χ3v) is 4.15. The number of hydrogen-bond donors (Lipinski definition) is 1. The molecule has 2 rings (SSSR count). The topological polar surface area (TPSA) is 63.6 Å². The first-order valence-electron chi connectivity index (χ1n) is 6.73. The number of unbranched alkanes of at least 4 members (excludes halogenated alkanes) is 1. The number of methoxy groups -OCH3 is 1. The number of carboxylic acids is 1. The number of hydrogen-bond acceptors (Lipinski definition) is 3. The Kier molecular flexibility index (Phi) is 4.08. The average Bonchev–Trinajstić information content (AvgIpc) is 2.96. The van der Waals surface area contributed by atoms with E-state index in [-0.39, 0.29) is 23.2 Å². The Bertz CT molecular complexity index is 424. The summed E-state index contributed by atoms with van der Waals surface area (Å²) in [5.41, 5.74) is -0.0566. The molecule has 3 unspecified atom stereocenters. The van der Waals surface area contributed by atoms with Crippen LogP contribution in [0, 0.1) is 17.3 Å². The second-order valence-corrected chi connectivity index (χ2v) is 5.48. The Labute approximate surface area is 113 Å². The highest BCUT2D eigenvalue weighted by Gasteiger charge is 2.48. The van der Waals surface area contributed by atoms with Crippen LogP contribution in [-0.4, -0.2) is 24.2 Å². The Balaban J connectivity index is 1.82. The first-order chi connectivity index (χ1) is 9.06. The number of carbonyl (C=O) groups excluding carboxylic acids is 1. The van der Waals surface area contributed by atoms with Crippen molar-refractivity contribution in [3.63, 3.8) is 0 Å². The lowest BCUT2D eigenvalue weighted by molar-refractivity contribution is -0.143. The molecular formula is C15H20O4. The summed E-state index contributed by atoms with van der Waals surface area (Å²) >= 11 is 0. The lowest BCUT2D eigenvalue weighted by Crippen LogP contribution is -2.20. The molecule has 19 heavy (non-hydrogen) atoms. The van der Waals surface area contributed by atoms with Gasteiger partial charge in [-0.15, -0.1) is 0 Å². The summed E-state index contributed by atoms with van der Waals surface area (Å²) < 4.78 is 4.58. The standard InChI is InChI=1S/C15H20O4/c1-19-13(16)5-3-2-4-7-15-8-6-11(9-15)12(10-15)14(17)18/h4,6-8,11-12H,2-3,5,9-10H2,1H3,(H,17,18). The monoisotopic (exact) mass is 264 g/mol. The summed E-state index contributed by atoms with van der Waals surface area (Å²) in [7, 11) is 1.39. The van der Waals surface area contributed by atoms with E-state index in [1.807, 2.05) is 6.08 Å². The quantitative estimate of drug-likeness (QED) is 0.455. The number of allylic oxidation sites excluding steroid dienone is 4. The fourth-order valence-electron chi connectivity index (χ4n) is 3.13. The van der Waals surface area contributed by atoms with Crippen LogP contribution in [0.15, 0.2) is 24.3 Å². The van der Waals surface area contributed by atoms with E-state index in [2.05, 4.69) is 23.0 Å². The van der Waals surface area contributed by atoms with Gasteiger partial charge in [-0.2, -0.15) is 0 Å². The summed E-state index contributed by atoms with van der Waals surface area (Å²) in [6, 6.07) is 0. The highest BCUT2D eigenvalue weighted by molar-refractivity contribution is 5.72. The van der Waals surface area contributed by atoms with E-state index in [0.29, 0.717) is 12.8 Å². The number of fused-ring (bicyclic) bond motifs is 2. The maximum Gasteiger partial charge on any atom is 0.307 e. The summed E-state index contributed by atoms with van der Waals surface area (Å²) in [4.78, 5) is 22.1. The van der Waals surface area contributed by atoms with E-state index in [9.17, 15) is 9.59 Å². The SMILES string of the molecule is COC(=O)CCCC=CC12C=CC(C1)C(C(=O)O)C2. The van der Waals surface area contributed by atoms with E-state index in [0.717, 1.165) is 19.3 Å². The van der Waals surface area contributed by atoms with Crippen molar-refractivity contribution in [1.29, 1.82) is 0 Å². The normalized spacial score (nSPS) is 32.1. The summed E-state index contributed by atoms with van der Waals surface area (Å²) in [5.74, 6) is -0.906. The van der Waals surface area contributed by atoms with Gasteiger partial charge in [0.2, 0.25) is 0 Å². The van der Waals surface area contributed by atoms with Crippen LogP contribution < -0.4 is 0 Å². The van der Waals surface area contributed by atoms with Crippen LogP contribution in [0.5, 0.6) is 0 Å². The Morgan fingerprint density at radius 2 is 2.26 bits per heavy atom. The third-order valence-electron chi connectivity index (χ3n) is 4.15. The van der Waals surface area contributed by atoms with Crippen molar-refractivity contribution >= 4 is 11.9 Å². The van der Waals surface area contributed by atoms with E-state index in [1.54, 1.807) is 0 Å². The number of aliphatic carboxylic acids is 1. The Morgan fingerprint density at radius 1 is 1.47 bits per heavy atom. The maximum atomic E-state index is 11.1. The molecule has 2 bridgehead atoms. The molecule has 0 aliphatic heterocycles. The van der Waals surface area contributed by atoms with Crippen molar-refractivity contribution in [1.82, 2.24) is 0 Å². The Morgan fingerprint density at radius 3 is 2.89 bits per heavy atom. The minimum atomic E-state index is -0.685. The van der Waals surface area contributed by atoms with Crippen molar-refractivity contribution in [3.8, 4) is 0 Å². The van der Waals surface area contributed by atoms with Crippen molar-refractivity contribution in [2.75, 3.05) is 7.11 Å². The van der Waals surface area contributed by atoms with Gasteiger partial charge in [-0.25, -0.2) is 0 Å². The molecule has 0 aromatic carbocycles. The summed E-state index contributed by atoms with van der Waals surface area (Å²) in [5, 5.41) is 9.14. The zero-order valence-corrected chi connectivity index (χ0v) is 11.2. The molecule has 0 spiro atoms. The van der Waals surface area contributed by atoms with Gasteiger partial charge in [0, 0.05) is 11.8 Å². The lowest BCUT2D eigenvalue weighted by atomic mass is 9.84. The van der Waals surface area contributed by atoms with Crippen LogP contribution in [-0.2, 0) is 14.3 Å². The maximum absolute atomic E-state index is 11.1. The van der Waals surface area contributed by atoms with E-state index in [1.165, 1.54) is 7.11 Å². The molecule has 2 aliphatic rings. The van der Waals surface area contributed by atoms with Gasteiger partial charge in [-0.3, -0.25) is 9.59 Å². The van der Waals surface area contributed by atoms with Crippen LogP contribution in [0.2, 0.25) is 0 Å². The molecule has 1 fully saturated rings. The van der Waals surface area contributed by atoms with Crippen LogP contribution in [0.25, 0.3) is 0 Å². The van der Waals surface area contributed by atoms with Gasteiger partial charge in [0.1, 0.15) is 0 Å². The molecule has 2 aliphatic carbocycles. The minimum absolute atomic E-state index is 0.0566. The predicted octanol–water partition coefficient (Wildman–Crippen LogP) is 2.55. The summed E-state index contributed by atoms with van der Waals surface area (Å²) in [6.07, 6.45) is 12.0. The molecular weight excluding hydrogens is 244 g/mol. The van der Waals surface area contributed by atoms with Crippen molar-refractivity contribution in [3.05, 3.63) is 24.3 Å². The number of esters is 1. The fourth-order valence-corrected chi connectivity index (χ4v) is 3.13. The molecule has 1 N–H and O–H groups in total. The summed E-state index contributed by atoms with van der Waals surface area (Å²) in [6.45, 7) is 0. The first-order valence-corrected chi connectivity index (χ1v) is 6.73. The molecule has 4 heteroatoms.